The van der Waals surface area contributed by atoms with Crippen LogP contribution in [-0.4, -0.2) is 48.8 Å². The molecule has 0 aliphatic rings. The smallest absolute Gasteiger partial charge is 0.407 e. The van der Waals surface area contributed by atoms with Crippen LogP contribution in [0, 0.1) is 5.82 Å². The minimum Gasteiger partial charge on any atom is -0.444 e. The lowest BCUT2D eigenvalue weighted by molar-refractivity contribution is 0.0527. The van der Waals surface area contributed by atoms with Crippen LogP contribution in [0.5, 0.6) is 0 Å². The Balaban J connectivity index is 1.75. The number of aliphatic imine (C=N–C) groups is 1. The summed E-state index contributed by atoms with van der Waals surface area (Å²) in [7, 11) is 0. The molecule has 7 nitrogen and oxygen atoms in total. The first-order valence-corrected chi connectivity index (χ1v) is 10.0. The second-order valence-corrected chi connectivity index (χ2v) is 7.72. The van der Waals surface area contributed by atoms with E-state index in [1.54, 1.807) is 12.1 Å². The zero-order valence-corrected chi connectivity index (χ0v) is 17.7. The molecular formula is C21H32FN5O2. The van der Waals surface area contributed by atoms with E-state index in [2.05, 4.69) is 25.9 Å². The number of guanidine groups is 1. The van der Waals surface area contributed by atoms with Crippen molar-refractivity contribution in [3.63, 3.8) is 0 Å². The van der Waals surface area contributed by atoms with Gasteiger partial charge in [0.25, 0.3) is 0 Å². The highest BCUT2D eigenvalue weighted by atomic mass is 19.1. The van der Waals surface area contributed by atoms with Gasteiger partial charge in [-0.1, -0.05) is 0 Å². The molecule has 1 aromatic heterocycles. The number of amides is 1. The van der Waals surface area contributed by atoms with E-state index in [1.165, 1.54) is 6.07 Å². The predicted molar refractivity (Wildman–Crippen MR) is 115 cm³/mol. The summed E-state index contributed by atoms with van der Waals surface area (Å²) < 4.78 is 18.7. The fourth-order valence-corrected chi connectivity index (χ4v) is 2.79. The van der Waals surface area contributed by atoms with Crippen LogP contribution >= 0.6 is 0 Å². The molecule has 0 aliphatic carbocycles. The molecular weight excluding hydrogens is 373 g/mol. The topological polar surface area (TPSA) is 90.5 Å². The Labute approximate surface area is 171 Å². The number of carbonyl (C=O) groups excluding carboxylic acids is 1. The number of aromatic nitrogens is 1. The Kier molecular flexibility index (Phi) is 8.30. The molecule has 0 atom stereocenters. The summed E-state index contributed by atoms with van der Waals surface area (Å²) >= 11 is 0. The van der Waals surface area contributed by atoms with Crippen molar-refractivity contribution < 1.29 is 13.9 Å². The van der Waals surface area contributed by atoms with E-state index < -0.39 is 11.7 Å². The van der Waals surface area contributed by atoms with E-state index in [0.29, 0.717) is 26.1 Å². The van der Waals surface area contributed by atoms with Crippen molar-refractivity contribution in [2.24, 2.45) is 4.99 Å². The quantitative estimate of drug-likeness (QED) is 0.308. The summed E-state index contributed by atoms with van der Waals surface area (Å²) in [6.45, 7) is 9.99. The lowest BCUT2D eigenvalue weighted by Gasteiger charge is -2.19. The molecule has 8 heteroatoms. The summed E-state index contributed by atoms with van der Waals surface area (Å²) in [5, 5.41) is 10.1. The zero-order chi connectivity index (χ0) is 21.3. The molecule has 1 aromatic carbocycles. The molecule has 29 heavy (non-hydrogen) atoms. The first-order valence-electron chi connectivity index (χ1n) is 10.0. The normalized spacial score (nSPS) is 12.1. The largest absolute Gasteiger partial charge is 0.444 e. The maximum absolute atomic E-state index is 13.5. The van der Waals surface area contributed by atoms with Crippen molar-refractivity contribution in [3.05, 3.63) is 35.8 Å². The number of alkyl carbamates (subject to hydrolysis) is 1. The Morgan fingerprint density at radius 2 is 2.00 bits per heavy atom. The number of carbonyl (C=O) groups is 1. The van der Waals surface area contributed by atoms with Crippen molar-refractivity contribution in [1.82, 2.24) is 20.9 Å². The molecule has 0 saturated carbocycles. The summed E-state index contributed by atoms with van der Waals surface area (Å²) in [5.41, 5.74) is 1.49. The van der Waals surface area contributed by atoms with E-state index in [9.17, 15) is 9.18 Å². The van der Waals surface area contributed by atoms with Crippen molar-refractivity contribution >= 4 is 23.0 Å². The number of nitrogens with zero attached hydrogens (tertiary/aromatic N) is 1. The van der Waals surface area contributed by atoms with Gasteiger partial charge >= 0.3 is 6.09 Å². The van der Waals surface area contributed by atoms with E-state index in [-0.39, 0.29) is 5.82 Å². The number of halogens is 1. The van der Waals surface area contributed by atoms with Crippen LogP contribution in [-0.2, 0) is 11.2 Å². The van der Waals surface area contributed by atoms with Gasteiger partial charge < -0.3 is 25.7 Å². The van der Waals surface area contributed by atoms with E-state index in [1.807, 2.05) is 33.9 Å². The molecule has 1 heterocycles. The number of fused-ring (bicyclic) bond motifs is 1. The van der Waals surface area contributed by atoms with E-state index >= 15 is 0 Å². The van der Waals surface area contributed by atoms with Gasteiger partial charge in [0.15, 0.2) is 5.96 Å². The van der Waals surface area contributed by atoms with Gasteiger partial charge in [-0.25, -0.2) is 9.18 Å². The number of aromatic amines is 1. The third-order valence-electron chi connectivity index (χ3n) is 4.03. The second-order valence-electron chi connectivity index (χ2n) is 7.72. The fraction of sp³-hybridized carbons (Fsp3) is 0.524. The van der Waals surface area contributed by atoms with Gasteiger partial charge in [0.05, 0.1) is 0 Å². The first kappa shape index (κ1) is 22.5. The van der Waals surface area contributed by atoms with E-state index in [4.69, 9.17) is 4.74 Å². The summed E-state index contributed by atoms with van der Waals surface area (Å²) in [5.74, 6) is 0.483. The highest BCUT2D eigenvalue weighted by Crippen LogP contribution is 2.19. The highest BCUT2D eigenvalue weighted by Gasteiger charge is 2.15. The molecule has 0 saturated heterocycles. The van der Waals surface area contributed by atoms with Crippen LogP contribution < -0.4 is 16.0 Å². The summed E-state index contributed by atoms with van der Waals surface area (Å²) in [4.78, 5) is 19.3. The van der Waals surface area contributed by atoms with Gasteiger partial charge in [-0.15, -0.1) is 0 Å². The average Bonchev–Trinajstić information content (AvgIpc) is 3.02. The number of H-pyrrole nitrogens is 1. The minimum atomic E-state index is -0.499. The number of hydrogen-bond donors (Lipinski definition) is 4. The third-order valence-corrected chi connectivity index (χ3v) is 4.03. The molecule has 0 unspecified atom stereocenters. The van der Waals surface area contributed by atoms with Gasteiger partial charge in [-0.05, 0) is 64.3 Å². The number of rotatable bonds is 8. The standard InChI is InChI=1S/C21H32FN5O2/c1-5-23-19(24-10-6-11-26-20(28)29-21(2,3)4)25-12-9-15-14-27-18-8-7-16(22)13-17(15)18/h7-8,13-14,27H,5-6,9-12H2,1-4H3,(H,26,28)(H2,23,24,25). The Hall–Kier alpha value is -2.77. The van der Waals surface area contributed by atoms with Gasteiger partial charge in [-0.2, -0.15) is 0 Å². The Morgan fingerprint density at radius 1 is 1.21 bits per heavy atom. The van der Waals surface area contributed by atoms with Crippen molar-refractivity contribution in [1.29, 1.82) is 0 Å². The molecule has 0 radical (unpaired) electrons. The minimum absolute atomic E-state index is 0.235. The molecule has 0 bridgehead atoms. The number of benzene rings is 1. The predicted octanol–water partition coefficient (Wildman–Crippen LogP) is 3.32. The Morgan fingerprint density at radius 3 is 2.72 bits per heavy atom. The monoisotopic (exact) mass is 405 g/mol. The third kappa shape index (κ3) is 8.01. The molecule has 0 fully saturated rings. The maximum Gasteiger partial charge on any atom is 0.407 e. The first-order chi connectivity index (χ1) is 13.8. The van der Waals surface area contributed by atoms with Crippen LogP contribution in [0.15, 0.2) is 29.4 Å². The molecule has 160 valence electrons. The molecule has 4 N–H and O–H groups in total. The van der Waals surface area contributed by atoms with Crippen LogP contribution in [0.4, 0.5) is 9.18 Å². The van der Waals surface area contributed by atoms with E-state index in [0.717, 1.165) is 35.4 Å². The molecule has 0 spiro atoms. The lowest BCUT2D eigenvalue weighted by Crippen LogP contribution is -2.38. The maximum atomic E-state index is 13.5. The number of nitrogens with one attached hydrogen (secondary N) is 4. The summed E-state index contributed by atoms with van der Waals surface area (Å²) in [6, 6.07) is 4.75. The molecule has 2 aromatic rings. The van der Waals surface area contributed by atoms with Gasteiger partial charge in [0.1, 0.15) is 11.4 Å². The average molecular weight is 406 g/mol. The molecule has 1 amide bonds. The second kappa shape index (κ2) is 10.7. The van der Waals surface area contributed by atoms with Gasteiger partial charge in [-0.3, -0.25) is 4.99 Å². The number of ether oxygens (including phenoxy) is 1. The van der Waals surface area contributed by atoms with Crippen LogP contribution in [0.2, 0.25) is 0 Å². The van der Waals surface area contributed by atoms with Crippen LogP contribution in [0.25, 0.3) is 10.9 Å². The van der Waals surface area contributed by atoms with Crippen LogP contribution in [0.3, 0.4) is 0 Å². The summed E-state index contributed by atoms with van der Waals surface area (Å²) in [6.07, 6.45) is 2.95. The Bertz CT molecular complexity index is 826. The zero-order valence-electron chi connectivity index (χ0n) is 17.7. The van der Waals surface area contributed by atoms with Crippen molar-refractivity contribution in [2.75, 3.05) is 26.2 Å². The highest BCUT2D eigenvalue weighted by molar-refractivity contribution is 5.83. The number of hydrogen-bond acceptors (Lipinski definition) is 3. The van der Waals surface area contributed by atoms with Crippen LogP contribution in [0.1, 0.15) is 39.7 Å². The molecule has 2 rings (SSSR count). The van der Waals surface area contributed by atoms with Crippen molar-refractivity contribution in [3.8, 4) is 0 Å². The lowest BCUT2D eigenvalue weighted by atomic mass is 10.1. The SMILES string of the molecule is CCNC(=NCCCNC(=O)OC(C)(C)C)NCCc1c[nH]c2ccc(F)cc12. The van der Waals surface area contributed by atoms with Gasteiger partial charge in [0.2, 0.25) is 0 Å². The fourth-order valence-electron chi connectivity index (χ4n) is 2.79. The van der Waals surface area contributed by atoms with Gasteiger partial charge in [0, 0.05) is 43.3 Å². The molecule has 0 aliphatic heterocycles. The van der Waals surface area contributed by atoms with Crippen molar-refractivity contribution in [2.45, 2.75) is 46.1 Å².